The Kier molecular flexibility index (Phi) is 7.59. The van der Waals surface area contributed by atoms with E-state index in [2.05, 4.69) is 32.9 Å². The van der Waals surface area contributed by atoms with Gasteiger partial charge < -0.3 is 24.3 Å². The summed E-state index contributed by atoms with van der Waals surface area (Å²) in [5.41, 5.74) is 1.29. The second kappa shape index (κ2) is 11.2. The summed E-state index contributed by atoms with van der Waals surface area (Å²) >= 11 is 0. The maximum Gasteiger partial charge on any atom is 0.248 e. The number of aromatic nitrogens is 4. The summed E-state index contributed by atoms with van der Waals surface area (Å²) in [6.45, 7) is 3.04. The summed E-state index contributed by atoms with van der Waals surface area (Å²) in [6.07, 6.45) is 5.89. The molecule has 0 saturated carbocycles. The Morgan fingerprint density at radius 1 is 1.26 bits per heavy atom. The minimum Gasteiger partial charge on any atom is -0.493 e. The molecule has 2 heterocycles. The van der Waals surface area contributed by atoms with E-state index in [0.29, 0.717) is 41.1 Å². The quantitative estimate of drug-likeness (QED) is 0.341. The first-order chi connectivity index (χ1) is 16.7. The van der Waals surface area contributed by atoms with Gasteiger partial charge in [0.2, 0.25) is 5.91 Å². The Labute approximate surface area is 197 Å². The molecule has 0 saturated heterocycles. The van der Waals surface area contributed by atoms with E-state index in [1.54, 1.807) is 31.4 Å². The number of anilines is 1. The Hall–Kier alpha value is -4.08. The fourth-order valence-electron chi connectivity index (χ4n) is 3.42. The molecular formula is C24H27N5O5. The van der Waals surface area contributed by atoms with Crippen LogP contribution in [-0.4, -0.2) is 46.9 Å². The average Bonchev–Trinajstić information content (AvgIpc) is 3.41. The van der Waals surface area contributed by atoms with Crippen LogP contribution < -0.4 is 24.3 Å². The SMILES string of the molecule is CCCCCOc1ccc(/C=C/C(=O)Nc2cccc3c2OC(c2nnn[nH]2)CO3)cc1OC. The number of aromatic amines is 1. The van der Waals surface area contributed by atoms with Crippen molar-refractivity contribution in [3.8, 4) is 23.0 Å². The van der Waals surface area contributed by atoms with E-state index < -0.39 is 6.10 Å². The highest BCUT2D eigenvalue weighted by Crippen LogP contribution is 2.41. The number of nitrogens with zero attached hydrogens (tertiary/aromatic N) is 3. The van der Waals surface area contributed by atoms with Gasteiger partial charge >= 0.3 is 0 Å². The molecule has 1 aliphatic rings. The summed E-state index contributed by atoms with van der Waals surface area (Å²) in [4.78, 5) is 12.6. The van der Waals surface area contributed by atoms with Crippen molar-refractivity contribution in [2.45, 2.75) is 32.3 Å². The van der Waals surface area contributed by atoms with Crippen molar-refractivity contribution in [2.75, 3.05) is 25.6 Å². The zero-order valence-electron chi connectivity index (χ0n) is 19.1. The number of benzene rings is 2. The Balaban J connectivity index is 1.41. The highest BCUT2D eigenvalue weighted by Gasteiger charge is 2.27. The van der Waals surface area contributed by atoms with Crippen LogP contribution in [0.4, 0.5) is 5.69 Å². The molecule has 0 aliphatic carbocycles. The summed E-state index contributed by atoms with van der Waals surface area (Å²) in [5, 5.41) is 16.5. The third-order valence-corrected chi connectivity index (χ3v) is 5.17. The summed E-state index contributed by atoms with van der Waals surface area (Å²) < 4.78 is 23.0. The third-order valence-electron chi connectivity index (χ3n) is 5.17. The number of hydrogen-bond donors (Lipinski definition) is 2. The lowest BCUT2D eigenvalue weighted by Gasteiger charge is -2.26. The van der Waals surface area contributed by atoms with Gasteiger partial charge in [0.15, 0.2) is 34.9 Å². The standard InChI is InChI=1S/C24H27N5O5/c1-3-4-5-13-32-18-11-9-16(14-20(18)31-2)10-12-22(30)25-17-7-6-8-19-23(17)34-21(15-33-19)24-26-28-29-27-24/h6-12,14,21H,3-5,13,15H2,1-2H3,(H,25,30)(H,26,27,28,29)/b12-10+. The molecule has 178 valence electrons. The molecule has 0 bridgehead atoms. The van der Waals surface area contributed by atoms with Gasteiger partial charge in [-0.1, -0.05) is 31.9 Å². The number of amides is 1. The molecule has 3 aromatic rings. The Bertz CT molecular complexity index is 1130. The molecule has 10 heteroatoms. The normalized spacial score (nSPS) is 14.7. The largest absolute Gasteiger partial charge is 0.493 e. The van der Waals surface area contributed by atoms with Crippen molar-refractivity contribution in [1.29, 1.82) is 0 Å². The maximum atomic E-state index is 12.6. The van der Waals surface area contributed by atoms with Crippen LogP contribution in [0.25, 0.3) is 6.08 Å². The van der Waals surface area contributed by atoms with E-state index in [0.717, 1.165) is 24.8 Å². The van der Waals surface area contributed by atoms with E-state index in [1.807, 2.05) is 18.2 Å². The maximum absolute atomic E-state index is 12.6. The van der Waals surface area contributed by atoms with Crippen molar-refractivity contribution in [3.63, 3.8) is 0 Å². The summed E-state index contributed by atoms with van der Waals surface area (Å²) in [5.74, 6) is 2.38. The van der Waals surface area contributed by atoms with Crippen molar-refractivity contribution in [1.82, 2.24) is 20.6 Å². The molecule has 10 nitrogen and oxygen atoms in total. The number of tetrazole rings is 1. The lowest BCUT2D eigenvalue weighted by Crippen LogP contribution is -2.24. The molecule has 0 radical (unpaired) electrons. The molecule has 2 N–H and O–H groups in total. The molecule has 34 heavy (non-hydrogen) atoms. The number of carbonyl (C=O) groups excluding carboxylic acids is 1. The number of fused-ring (bicyclic) bond motifs is 1. The van der Waals surface area contributed by atoms with Gasteiger partial charge in [-0.05, 0) is 52.8 Å². The molecule has 2 aromatic carbocycles. The number of hydrogen-bond acceptors (Lipinski definition) is 8. The minimum atomic E-state index is -0.508. The molecule has 4 rings (SSSR count). The zero-order chi connectivity index (χ0) is 23.8. The average molecular weight is 466 g/mol. The van der Waals surface area contributed by atoms with Crippen molar-refractivity contribution < 1.29 is 23.7 Å². The lowest BCUT2D eigenvalue weighted by molar-refractivity contribution is -0.111. The van der Waals surface area contributed by atoms with Crippen LogP contribution in [0.5, 0.6) is 23.0 Å². The first-order valence-electron chi connectivity index (χ1n) is 11.1. The van der Waals surface area contributed by atoms with Crippen LogP contribution in [0.2, 0.25) is 0 Å². The third kappa shape index (κ3) is 5.64. The van der Waals surface area contributed by atoms with Crippen LogP contribution >= 0.6 is 0 Å². The number of H-pyrrole nitrogens is 1. The smallest absolute Gasteiger partial charge is 0.248 e. The highest BCUT2D eigenvalue weighted by molar-refractivity contribution is 6.03. The van der Waals surface area contributed by atoms with E-state index in [4.69, 9.17) is 18.9 Å². The number of rotatable bonds is 10. The van der Waals surface area contributed by atoms with Crippen LogP contribution in [0.3, 0.4) is 0 Å². The Morgan fingerprint density at radius 3 is 2.97 bits per heavy atom. The number of nitrogens with one attached hydrogen (secondary N) is 2. The molecule has 1 aromatic heterocycles. The molecule has 1 unspecified atom stereocenters. The number of carbonyl (C=O) groups is 1. The van der Waals surface area contributed by atoms with E-state index in [-0.39, 0.29) is 12.5 Å². The van der Waals surface area contributed by atoms with Crippen molar-refractivity contribution >= 4 is 17.7 Å². The number of unbranched alkanes of at least 4 members (excludes halogenated alkanes) is 2. The minimum absolute atomic E-state index is 0.251. The van der Waals surface area contributed by atoms with Crippen LogP contribution in [0, 0.1) is 0 Å². The number of ether oxygens (including phenoxy) is 4. The predicted molar refractivity (Wildman–Crippen MR) is 125 cm³/mol. The van der Waals surface area contributed by atoms with Gasteiger partial charge in [0.25, 0.3) is 0 Å². The summed E-state index contributed by atoms with van der Waals surface area (Å²) in [6, 6.07) is 10.8. The predicted octanol–water partition coefficient (Wildman–Crippen LogP) is 3.94. The molecule has 1 aliphatic heterocycles. The lowest BCUT2D eigenvalue weighted by atomic mass is 10.2. The van der Waals surface area contributed by atoms with Crippen molar-refractivity contribution in [2.24, 2.45) is 0 Å². The van der Waals surface area contributed by atoms with E-state index >= 15 is 0 Å². The van der Waals surface area contributed by atoms with E-state index in [9.17, 15) is 4.79 Å². The second-order valence-corrected chi connectivity index (χ2v) is 7.63. The number of para-hydroxylation sites is 1. The van der Waals surface area contributed by atoms with Gasteiger partial charge in [-0.15, -0.1) is 5.10 Å². The van der Waals surface area contributed by atoms with Gasteiger partial charge in [-0.2, -0.15) is 0 Å². The van der Waals surface area contributed by atoms with Gasteiger partial charge in [0, 0.05) is 6.08 Å². The first-order valence-corrected chi connectivity index (χ1v) is 11.1. The number of methoxy groups -OCH3 is 1. The Morgan fingerprint density at radius 2 is 2.18 bits per heavy atom. The van der Waals surface area contributed by atoms with Gasteiger partial charge in [0.1, 0.15) is 6.61 Å². The molecule has 1 atom stereocenters. The van der Waals surface area contributed by atoms with Gasteiger partial charge in [0.05, 0.1) is 19.4 Å². The monoisotopic (exact) mass is 465 g/mol. The van der Waals surface area contributed by atoms with E-state index in [1.165, 1.54) is 6.08 Å². The van der Waals surface area contributed by atoms with Crippen LogP contribution in [0.1, 0.15) is 43.7 Å². The molecular weight excluding hydrogens is 438 g/mol. The highest BCUT2D eigenvalue weighted by atomic mass is 16.6. The molecule has 0 fully saturated rings. The van der Waals surface area contributed by atoms with Gasteiger partial charge in [-0.25, -0.2) is 5.10 Å². The molecule has 0 spiro atoms. The second-order valence-electron chi connectivity index (χ2n) is 7.63. The molecule has 1 amide bonds. The first kappa shape index (κ1) is 23.1. The fraction of sp³-hybridized carbons (Fsp3) is 0.333. The summed E-state index contributed by atoms with van der Waals surface area (Å²) in [7, 11) is 1.59. The topological polar surface area (TPSA) is 120 Å². The zero-order valence-corrected chi connectivity index (χ0v) is 19.1. The van der Waals surface area contributed by atoms with Crippen molar-refractivity contribution in [3.05, 3.63) is 53.9 Å². The van der Waals surface area contributed by atoms with Crippen LogP contribution in [-0.2, 0) is 4.79 Å². The van der Waals surface area contributed by atoms with Gasteiger partial charge in [-0.3, -0.25) is 4.79 Å². The fourth-order valence-corrected chi connectivity index (χ4v) is 3.42. The van der Waals surface area contributed by atoms with Crippen LogP contribution in [0.15, 0.2) is 42.5 Å².